The van der Waals surface area contributed by atoms with Crippen LogP contribution in [0.4, 0.5) is 4.39 Å². The number of carbonyl (C=O) groups excluding carboxylic acids is 1. The third-order valence-electron chi connectivity index (χ3n) is 6.64. The minimum Gasteiger partial charge on any atom is -0.492 e. The molecule has 184 valence electrons. The third kappa shape index (κ3) is 6.76. The lowest BCUT2D eigenvalue weighted by molar-refractivity contribution is 0.0474. The fourth-order valence-electron chi connectivity index (χ4n) is 4.80. The third-order valence-corrected chi connectivity index (χ3v) is 6.64. The van der Waals surface area contributed by atoms with E-state index in [1.165, 1.54) is 0 Å². The van der Waals surface area contributed by atoms with Gasteiger partial charge in [-0.1, -0.05) is 12.1 Å². The number of β-amino-alcohol motifs (C(OH)–C–C–N with tert-alkyl or cyclic N) is 1. The van der Waals surface area contributed by atoms with Crippen molar-refractivity contribution in [3.05, 3.63) is 48.2 Å². The van der Waals surface area contributed by atoms with Crippen molar-refractivity contribution in [2.24, 2.45) is 5.92 Å². The number of halogens is 1. The monoisotopic (exact) mass is 469 g/mol. The molecule has 1 aromatic carbocycles. The van der Waals surface area contributed by atoms with Crippen LogP contribution in [-0.2, 0) is 0 Å². The summed E-state index contributed by atoms with van der Waals surface area (Å²) in [6.07, 6.45) is 4.94. The molecule has 1 atom stereocenters. The average Bonchev–Trinajstić information content (AvgIpc) is 2.83. The lowest BCUT2D eigenvalue weighted by Gasteiger charge is -2.34. The van der Waals surface area contributed by atoms with E-state index in [2.05, 4.69) is 9.88 Å². The zero-order chi connectivity index (χ0) is 24.1. The summed E-state index contributed by atoms with van der Waals surface area (Å²) in [5.41, 5.74) is 1.23. The number of ether oxygens (including phenoxy) is 1. The van der Waals surface area contributed by atoms with Crippen molar-refractivity contribution >= 4 is 5.91 Å². The van der Waals surface area contributed by atoms with Crippen molar-refractivity contribution in [3.63, 3.8) is 0 Å². The number of hydrogen-bond donors (Lipinski definition) is 1. The molecule has 1 N–H and O–H groups in total. The van der Waals surface area contributed by atoms with Crippen LogP contribution in [0.2, 0.25) is 0 Å². The zero-order valence-corrected chi connectivity index (χ0v) is 20.3. The molecule has 7 heteroatoms. The van der Waals surface area contributed by atoms with Gasteiger partial charge in [0.05, 0.1) is 24.6 Å². The maximum Gasteiger partial charge on any atom is 0.253 e. The number of pyridine rings is 1. The highest BCUT2D eigenvalue weighted by molar-refractivity contribution is 5.94. The number of carbonyl (C=O) groups is 1. The first-order valence-corrected chi connectivity index (χ1v) is 12.3. The van der Waals surface area contributed by atoms with Gasteiger partial charge in [0, 0.05) is 30.8 Å². The number of piperidine rings is 2. The first kappa shape index (κ1) is 24.6. The molecule has 0 aliphatic carbocycles. The highest BCUT2D eigenvalue weighted by Crippen LogP contribution is 2.24. The minimum absolute atomic E-state index is 0.0405. The number of alkyl halides is 1. The van der Waals surface area contributed by atoms with Gasteiger partial charge < -0.3 is 19.6 Å². The molecule has 1 amide bonds. The van der Waals surface area contributed by atoms with Crippen molar-refractivity contribution in [1.29, 1.82) is 0 Å². The number of hydrogen-bond acceptors (Lipinski definition) is 5. The van der Waals surface area contributed by atoms with E-state index in [9.17, 15) is 14.3 Å². The summed E-state index contributed by atoms with van der Waals surface area (Å²) < 4.78 is 19.8. The predicted octanol–water partition coefficient (Wildman–Crippen LogP) is 4.18. The van der Waals surface area contributed by atoms with Crippen LogP contribution in [0, 0.1) is 5.92 Å². The van der Waals surface area contributed by atoms with Crippen LogP contribution in [0.5, 0.6) is 5.75 Å². The molecule has 0 spiro atoms. The highest BCUT2D eigenvalue weighted by atomic mass is 19.1. The number of rotatable bonds is 7. The summed E-state index contributed by atoms with van der Waals surface area (Å²) >= 11 is 0. The Kier molecular flexibility index (Phi) is 7.84. The Morgan fingerprint density at radius 3 is 2.47 bits per heavy atom. The molecule has 0 bridgehead atoms. The van der Waals surface area contributed by atoms with Crippen LogP contribution >= 0.6 is 0 Å². The minimum atomic E-state index is -1.15. The fraction of sp³-hybridized carbons (Fsp3) is 0.556. The van der Waals surface area contributed by atoms with Crippen LogP contribution in [0.15, 0.2) is 42.6 Å². The lowest BCUT2D eigenvalue weighted by atomic mass is 9.97. The van der Waals surface area contributed by atoms with Gasteiger partial charge in [0.2, 0.25) is 0 Å². The van der Waals surface area contributed by atoms with Gasteiger partial charge in [0.1, 0.15) is 11.4 Å². The van der Waals surface area contributed by atoms with E-state index in [1.54, 1.807) is 24.9 Å². The number of likely N-dealkylation sites (tertiary alicyclic amines) is 2. The van der Waals surface area contributed by atoms with E-state index in [0.717, 1.165) is 55.8 Å². The summed E-state index contributed by atoms with van der Waals surface area (Å²) in [5, 5.41) is 9.82. The molecule has 0 radical (unpaired) electrons. The Morgan fingerprint density at radius 1 is 1.12 bits per heavy atom. The molecule has 4 rings (SSSR count). The molecule has 1 aromatic heterocycles. The van der Waals surface area contributed by atoms with Crippen molar-refractivity contribution in [2.45, 2.75) is 51.3 Å². The summed E-state index contributed by atoms with van der Waals surface area (Å²) in [4.78, 5) is 21.1. The van der Waals surface area contributed by atoms with Crippen LogP contribution in [-0.4, -0.2) is 76.9 Å². The second-order valence-corrected chi connectivity index (χ2v) is 10.3. The Hall–Kier alpha value is -2.51. The summed E-state index contributed by atoms with van der Waals surface area (Å²) in [6, 6.07) is 11.3. The maximum atomic E-state index is 13.8. The Bertz CT molecular complexity index is 935. The van der Waals surface area contributed by atoms with E-state index < -0.39 is 11.8 Å². The molecule has 2 aromatic rings. The molecule has 0 saturated carbocycles. The fourth-order valence-corrected chi connectivity index (χ4v) is 4.80. The van der Waals surface area contributed by atoms with E-state index in [-0.39, 0.29) is 5.91 Å². The first-order chi connectivity index (χ1) is 16.3. The van der Waals surface area contributed by atoms with Gasteiger partial charge >= 0.3 is 0 Å². The standard InChI is InChI=1S/C27H36FN3O3/c1-27(2,28)19-30-14-11-20(12-15-30)18-34-24-9-10-25(29-16-24)21-5-7-22(8-6-21)26(33)31-13-3-4-23(32)17-31/h5-10,16,20,23,32H,3-4,11-15,17-19H2,1-2H3/t23-/m1/s1. The van der Waals surface area contributed by atoms with E-state index in [4.69, 9.17) is 4.74 Å². The topological polar surface area (TPSA) is 65.9 Å². The normalized spacial score (nSPS) is 20.4. The number of aliphatic hydroxyl groups is 1. The molecule has 6 nitrogen and oxygen atoms in total. The molecule has 34 heavy (non-hydrogen) atoms. The SMILES string of the molecule is CC(C)(F)CN1CCC(COc2ccc(-c3ccc(C(=O)N4CCC[C@@H](O)C4)cc3)nc2)CC1. The number of benzene rings is 1. The largest absolute Gasteiger partial charge is 0.492 e. The Morgan fingerprint density at radius 2 is 1.85 bits per heavy atom. The second kappa shape index (κ2) is 10.8. The molecule has 2 aliphatic rings. The van der Waals surface area contributed by atoms with Crippen LogP contribution in [0.1, 0.15) is 49.9 Å². The summed E-state index contributed by atoms with van der Waals surface area (Å²) in [6.45, 7) is 7.32. The van der Waals surface area contributed by atoms with Gasteiger partial charge in [-0.2, -0.15) is 0 Å². The van der Waals surface area contributed by atoms with Crippen LogP contribution in [0.3, 0.4) is 0 Å². The van der Waals surface area contributed by atoms with Gasteiger partial charge in [-0.25, -0.2) is 4.39 Å². The molecule has 0 unspecified atom stereocenters. The van der Waals surface area contributed by atoms with Crippen LogP contribution in [0.25, 0.3) is 11.3 Å². The van der Waals surface area contributed by atoms with Gasteiger partial charge in [0.25, 0.3) is 5.91 Å². The highest BCUT2D eigenvalue weighted by Gasteiger charge is 2.26. The average molecular weight is 470 g/mol. The number of amides is 1. The van der Waals surface area contributed by atoms with Crippen molar-refractivity contribution in [2.75, 3.05) is 39.3 Å². The first-order valence-electron chi connectivity index (χ1n) is 12.3. The van der Waals surface area contributed by atoms with Gasteiger partial charge in [0.15, 0.2) is 0 Å². The van der Waals surface area contributed by atoms with E-state index in [1.807, 2.05) is 36.4 Å². The predicted molar refractivity (Wildman–Crippen MR) is 131 cm³/mol. The summed E-state index contributed by atoms with van der Waals surface area (Å²) in [5.74, 6) is 1.18. The number of aliphatic hydroxyl groups excluding tert-OH is 1. The van der Waals surface area contributed by atoms with Crippen molar-refractivity contribution in [1.82, 2.24) is 14.8 Å². The quantitative estimate of drug-likeness (QED) is 0.659. The van der Waals surface area contributed by atoms with E-state index in [0.29, 0.717) is 37.7 Å². The van der Waals surface area contributed by atoms with Crippen molar-refractivity contribution < 1.29 is 19.0 Å². The van der Waals surface area contributed by atoms with Gasteiger partial charge in [-0.05, 0) is 82.8 Å². The lowest BCUT2D eigenvalue weighted by Crippen LogP contribution is -2.42. The number of nitrogens with zero attached hydrogens (tertiary/aromatic N) is 3. The number of aromatic nitrogens is 1. The molecule has 2 fully saturated rings. The van der Waals surface area contributed by atoms with Crippen molar-refractivity contribution in [3.8, 4) is 17.0 Å². The zero-order valence-electron chi connectivity index (χ0n) is 20.3. The van der Waals surface area contributed by atoms with E-state index >= 15 is 0 Å². The molecular weight excluding hydrogens is 433 g/mol. The molecular formula is C27H36FN3O3. The van der Waals surface area contributed by atoms with Crippen LogP contribution < -0.4 is 4.74 Å². The smallest absolute Gasteiger partial charge is 0.253 e. The maximum absolute atomic E-state index is 13.8. The summed E-state index contributed by atoms with van der Waals surface area (Å²) in [7, 11) is 0. The molecule has 3 heterocycles. The Balaban J connectivity index is 1.26. The second-order valence-electron chi connectivity index (χ2n) is 10.3. The van der Waals surface area contributed by atoms with Gasteiger partial charge in [-0.15, -0.1) is 0 Å². The van der Waals surface area contributed by atoms with Gasteiger partial charge in [-0.3, -0.25) is 9.78 Å². The Labute approximate surface area is 201 Å². The molecule has 2 aliphatic heterocycles. The molecule has 2 saturated heterocycles.